The third kappa shape index (κ3) is 3.62. The number of nitrogens with one attached hydrogen (secondary N) is 1. The summed E-state index contributed by atoms with van der Waals surface area (Å²) in [5, 5.41) is 4.22. The molecule has 0 bridgehead atoms. The van der Waals surface area contributed by atoms with Crippen LogP contribution in [0.5, 0.6) is 5.75 Å². The lowest BCUT2D eigenvalue weighted by Crippen LogP contribution is -2.18. The summed E-state index contributed by atoms with van der Waals surface area (Å²) in [5.41, 5.74) is 1.30. The van der Waals surface area contributed by atoms with E-state index in [-0.39, 0.29) is 0 Å². The number of halogens is 1. The molecule has 1 aliphatic carbocycles. The Labute approximate surface area is 108 Å². The summed E-state index contributed by atoms with van der Waals surface area (Å²) < 4.78 is 5.24. The highest BCUT2D eigenvalue weighted by Crippen LogP contribution is 2.29. The molecule has 0 amide bonds. The normalized spacial score (nSPS) is 16.9. The van der Waals surface area contributed by atoms with Gasteiger partial charge in [-0.2, -0.15) is 0 Å². The molecule has 1 N–H and O–H groups in total. The fourth-order valence-corrected chi connectivity index (χ4v) is 2.14. The highest BCUT2D eigenvalue weighted by atomic mass is 35.5. The van der Waals surface area contributed by atoms with Crippen molar-refractivity contribution < 1.29 is 4.74 Å². The Bertz CT molecular complexity index is 376. The number of rotatable bonds is 6. The fraction of sp³-hybridized carbons (Fsp3) is 0.571. The molecule has 0 aromatic heterocycles. The maximum Gasteiger partial charge on any atom is 0.137 e. The molecule has 94 valence electrons. The van der Waals surface area contributed by atoms with Gasteiger partial charge in [-0.05, 0) is 49.4 Å². The first-order valence-corrected chi connectivity index (χ1v) is 6.65. The number of hydrogen-bond acceptors (Lipinski definition) is 2. The van der Waals surface area contributed by atoms with Gasteiger partial charge in [-0.25, -0.2) is 0 Å². The Morgan fingerprint density at radius 2 is 2.24 bits per heavy atom. The van der Waals surface area contributed by atoms with Crippen LogP contribution in [0.1, 0.15) is 37.7 Å². The van der Waals surface area contributed by atoms with E-state index in [9.17, 15) is 0 Å². The summed E-state index contributed by atoms with van der Waals surface area (Å²) in [6.07, 6.45) is 3.85. The number of benzene rings is 1. The Kier molecular flexibility index (Phi) is 4.30. The summed E-state index contributed by atoms with van der Waals surface area (Å²) in [6, 6.07) is 6.85. The summed E-state index contributed by atoms with van der Waals surface area (Å²) in [4.78, 5) is 0. The smallest absolute Gasteiger partial charge is 0.137 e. The number of hydrogen-bond donors (Lipinski definition) is 1. The maximum absolute atomic E-state index is 6.02. The SMILES string of the molecule is COc1cc(C(C)CCNC2CC2)ccc1Cl. The molecule has 0 heterocycles. The Morgan fingerprint density at radius 3 is 2.88 bits per heavy atom. The molecule has 0 radical (unpaired) electrons. The predicted molar refractivity (Wildman–Crippen MR) is 72.1 cm³/mol. The topological polar surface area (TPSA) is 21.3 Å². The fourth-order valence-electron chi connectivity index (χ4n) is 1.94. The van der Waals surface area contributed by atoms with Crippen molar-refractivity contribution >= 4 is 11.6 Å². The zero-order chi connectivity index (χ0) is 12.3. The van der Waals surface area contributed by atoms with Gasteiger partial charge in [0.25, 0.3) is 0 Å². The van der Waals surface area contributed by atoms with Gasteiger partial charge >= 0.3 is 0 Å². The van der Waals surface area contributed by atoms with Crippen LogP contribution in [0.25, 0.3) is 0 Å². The van der Waals surface area contributed by atoms with Crippen LogP contribution in [-0.2, 0) is 0 Å². The third-order valence-electron chi connectivity index (χ3n) is 3.33. The molecule has 0 saturated heterocycles. The first-order chi connectivity index (χ1) is 8.20. The third-order valence-corrected chi connectivity index (χ3v) is 3.64. The van der Waals surface area contributed by atoms with Crippen molar-refractivity contribution in [1.82, 2.24) is 5.32 Å². The molecule has 1 aromatic rings. The minimum Gasteiger partial charge on any atom is -0.495 e. The van der Waals surface area contributed by atoms with E-state index < -0.39 is 0 Å². The lowest BCUT2D eigenvalue weighted by molar-refractivity contribution is 0.414. The minimum atomic E-state index is 0.535. The van der Waals surface area contributed by atoms with Crippen molar-refractivity contribution in [2.75, 3.05) is 13.7 Å². The van der Waals surface area contributed by atoms with Gasteiger partial charge in [0.15, 0.2) is 0 Å². The van der Waals surface area contributed by atoms with E-state index in [0.29, 0.717) is 10.9 Å². The molecule has 17 heavy (non-hydrogen) atoms. The first-order valence-electron chi connectivity index (χ1n) is 6.27. The minimum absolute atomic E-state index is 0.535. The highest BCUT2D eigenvalue weighted by molar-refractivity contribution is 6.32. The van der Waals surface area contributed by atoms with E-state index in [1.807, 2.05) is 12.1 Å². The Morgan fingerprint density at radius 1 is 1.47 bits per heavy atom. The molecule has 1 unspecified atom stereocenters. The van der Waals surface area contributed by atoms with Crippen LogP contribution < -0.4 is 10.1 Å². The average molecular weight is 254 g/mol. The highest BCUT2D eigenvalue weighted by Gasteiger charge is 2.20. The van der Waals surface area contributed by atoms with Gasteiger partial charge in [-0.15, -0.1) is 0 Å². The van der Waals surface area contributed by atoms with Crippen molar-refractivity contribution in [3.05, 3.63) is 28.8 Å². The Balaban J connectivity index is 1.90. The second-order valence-electron chi connectivity index (χ2n) is 4.81. The van der Waals surface area contributed by atoms with Gasteiger partial charge in [0.05, 0.1) is 12.1 Å². The quantitative estimate of drug-likeness (QED) is 0.837. The summed E-state index contributed by atoms with van der Waals surface area (Å²) >= 11 is 6.02. The summed E-state index contributed by atoms with van der Waals surface area (Å²) in [6.45, 7) is 3.34. The van der Waals surface area contributed by atoms with E-state index in [2.05, 4.69) is 18.3 Å². The van der Waals surface area contributed by atoms with E-state index in [1.165, 1.54) is 18.4 Å². The number of methoxy groups -OCH3 is 1. The van der Waals surface area contributed by atoms with Crippen molar-refractivity contribution in [2.45, 2.75) is 38.1 Å². The van der Waals surface area contributed by atoms with Gasteiger partial charge in [0.1, 0.15) is 5.75 Å². The Hall–Kier alpha value is -0.730. The largest absolute Gasteiger partial charge is 0.495 e. The first kappa shape index (κ1) is 12.7. The van der Waals surface area contributed by atoms with Crippen LogP contribution in [-0.4, -0.2) is 19.7 Å². The standard InChI is InChI=1S/C14H20ClNO/c1-10(7-8-16-12-4-5-12)11-3-6-13(15)14(9-11)17-2/h3,6,9-10,12,16H,4-5,7-8H2,1-2H3. The van der Waals surface area contributed by atoms with Crippen molar-refractivity contribution in [1.29, 1.82) is 0 Å². The second-order valence-corrected chi connectivity index (χ2v) is 5.22. The van der Waals surface area contributed by atoms with E-state index in [1.54, 1.807) is 7.11 Å². The van der Waals surface area contributed by atoms with Crippen LogP contribution in [0.3, 0.4) is 0 Å². The molecule has 3 heteroatoms. The van der Waals surface area contributed by atoms with Gasteiger partial charge in [0, 0.05) is 6.04 Å². The average Bonchev–Trinajstić information content (AvgIpc) is 3.13. The van der Waals surface area contributed by atoms with E-state index in [4.69, 9.17) is 16.3 Å². The molecular formula is C14H20ClNO. The zero-order valence-electron chi connectivity index (χ0n) is 10.5. The molecule has 0 aliphatic heterocycles. The zero-order valence-corrected chi connectivity index (χ0v) is 11.3. The maximum atomic E-state index is 6.02. The molecule has 1 fully saturated rings. The van der Waals surface area contributed by atoms with Crippen LogP contribution in [0, 0.1) is 0 Å². The van der Waals surface area contributed by atoms with Gasteiger partial charge < -0.3 is 10.1 Å². The van der Waals surface area contributed by atoms with Gasteiger partial charge in [-0.1, -0.05) is 24.6 Å². The molecular weight excluding hydrogens is 234 g/mol. The molecule has 0 spiro atoms. The molecule has 1 aromatic carbocycles. The number of ether oxygens (including phenoxy) is 1. The van der Waals surface area contributed by atoms with Crippen molar-refractivity contribution in [3.63, 3.8) is 0 Å². The van der Waals surface area contributed by atoms with Gasteiger partial charge in [-0.3, -0.25) is 0 Å². The second kappa shape index (κ2) is 5.74. The molecule has 1 saturated carbocycles. The van der Waals surface area contributed by atoms with Crippen LogP contribution in [0.2, 0.25) is 5.02 Å². The monoisotopic (exact) mass is 253 g/mol. The molecule has 1 atom stereocenters. The van der Waals surface area contributed by atoms with Crippen LogP contribution in [0.4, 0.5) is 0 Å². The summed E-state index contributed by atoms with van der Waals surface area (Å²) in [7, 11) is 1.66. The van der Waals surface area contributed by atoms with Crippen LogP contribution >= 0.6 is 11.6 Å². The molecule has 1 aliphatic rings. The predicted octanol–water partition coefficient (Wildman–Crippen LogP) is 3.59. The summed E-state index contributed by atoms with van der Waals surface area (Å²) in [5.74, 6) is 1.30. The molecule has 2 rings (SSSR count). The van der Waals surface area contributed by atoms with E-state index in [0.717, 1.165) is 24.8 Å². The van der Waals surface area contributed by atoms with Crippen molar-refractivity contribution in [3.8, 4) is 5.75 Å². The van der Waals surface area contributed by atoms with Crippen LogP contribution in [0.15, 0.2) is 18.2 Å². The van der Waals surface area contributed by atoms with E-state index >= 15 is 0 Å². The van der Waals surface area contributed by atoms with Gasteiger partial charge in [0.2, 0.25) is 0 Å². The molecule has 2 nitrogen and oxygen atoms in total. The van der Waals surface area contributed by atoms with Crippen molar-refractivity contribution in [2.24, 2.45) is 0 Å². The lowest BCUT2D eigenvalue weighted by atomic mass is 9.97. The lowest BCUT2D eigenvalue weighted by Gasteiger charge is -2.14.